The van der Waals surface area contributed by atoms with E-state index in [1.54, 1.807) is 0 Å². The quantitative estimate of drug-likeness (QED) is 0.901. The molecule has 0 aliphatic heterocycles. The van der Waals surface area contributed by atoms with Crippen molar-refractivity contribution in [1.82, 2.24) is 0 Å². The smallest absolute Gasteiger partial charge is 0.0972 e. The second-order valence-corrected chi connectivity index (χ2v) is 4.20. The van der Waals surface area contributed by atoms with Crippen molar-refractivity contribution in [2.75, 3.05) is 6.61 Å². The topological polar surface area (TPSA) is 35.2 Å². The molecule has 2 nitrogen and oxygen atoms in total. The molecule has 0 heterocycles. The molecule has 2 unspecified atom stereocenters. The fourth-order valence-electron chi connectivity index (χ4n) is 1.38. The summed E-state index contributed by atoms with van der Waals surface area (Å²) in [6.07, 6.45) is -0.00639. The molecule has 1 rings (SSSR count). The second-order valence-electron chi connectivity index (χ2n) is 3.29. The standard InChI is InChI=1S/C11H16BrNO/c1-3-14-11(8(2)13)9-4-6-10(12)7-5-9/h4-8,11H,3,13H2,1-2H3. The fraction of sp³-hybridized carbons (Fsp3) is 0.455. The third-order valence-electron chi connectivity index (χ3n) is 2.02. The van der Waals surface area contributed by atoms with Crippen LogP contribution >= 0.6 is 15.9 Å². The third kappa shape index (κ3) is 3.08. The van der Waals surface area contributed by atoms with Gasteiger partial charge in [-0.1, -0.05) is 28.1 Å². The molecule has 0 saturated carbocycles. The minimum absolute atomic E-state index is 0.00639. The largest absolute Gasteiger partial charge is 0.372 e. The summed E-state index contributed by atoms with van der Waals surface area (Å²) < 4.78 is 6.66. The number of hydrogen-bond donors (Lipinski definition) is 1. The molecular formula is C11H16BrNO. The third-order valence-corrected chi connectivity index (χ3v) is 2.55. The minimum atomic E-state index is -0.00639. The maximum Gasteiger partial charge on any atom is 0.0972 e. The van der Waals surface area contributed by atoms with Crippen LogP contribution in [-0.2, 0) is 4.74 Å². The van der Waals surface area contributed by atoms with Crippen LogP contribution < -0.4 is 5.73 Å². The highest BCUT2D eigenvalue weighted by Gasteiger charge is 2.15. The molecule has 2 N–H and O–H groups in total. The van der Waals surface area contributed by atoms with Gasteiger partial charge in [-0.3, -0.25) is 0 Å². The Hall–Kier alpha value is -0.380. The summed E-state index contributed by atoms with van der Waals surface area (Å²) in [4.78, 5) is 0. The zero-order valence-corrected chi connectivity index (χ0v) is 10.1. The number of nitrogens with two attached hydrogens (primary N) is 1. The van der Waals surface area contributed by atoms with Crippen LogP contribution in [-0.4, -0.2) is 12.6 Å². The van der Waals surface area contributed by atoms with Crippen LogP contribution in [0.5, 0.6) is 0 Å². The molecule has 1 aromatic carbocycles. The van der Waals surface area contributed by atoms with Crippen molar-refractivity contribution < 1.29 is 4.74 Å². The molecule has 0 aromatic heterocycles. The van der Waals surface area contributed by atoms with Gasteiger partial charge in [-0.25, -0.2) is 0 Å². The molecule has 2 atom stereocenters. The molecule has 0 saturated heterocycles. The van der Waals surface area contributed by atoms with Gasteiger partial charge in [0.1, 0.15) is 0 Å². The zero-order chi connectivity index (χ0) is 10.6. The molecule has 0 fully saturated rings. The Balaban J connectivity index is 2.82. The highest BCUT2D eigenvalue weighted by molar-refractivity contribution is 9.10. The number of rotatable bonds is 4. The zero-order valence-electron chi connectivity index (χ0n) is 8.53. The number of halogens is 1. The van der Waals surface area contributed by atoms with E-state index in [0.717, 1.165) is 10.0 Å². The van der Waals surface area contributed by atoms with Crippen molar-refractivity contribution >= 4 is 15.9 Å². The Bertz CT molecular complexity index is 271. The Kier molecular flexibility index (Phi) is 4.58. The Morgan fingerprint density at radius 1 is 1.36 bits per heavy atom. The second kappa shape index (κ2) is 5.49. The van der Waals surface area contributed by atoms with Gasteiger partial charge in [-0.05, 0) is 31.5 Å². The molecule has 14 heavy (non-hydrogen) atoms. The van der Waals surface area contributed by atoms with E-state index in [0.29, 0.717) is 6.61 Å². The monoisotopic (exact) mass is 257 g/mol. The summed E-state index contributed by atoms with van der Waals surface area (Å²) in [5.41, 5.74) is 6.99. The molecule has 0 aliphatic rings. The summed E-state index contributed by atoms with van der Waals surface area (Å²) in [5, 5.41) is 0. The Morgan fingerprint density at radius 3 is 2.36 bits per heavy atom. The lowest BCUT2D eigenvalue weighted by atomic mass is 10.0. The SMILES string of the molecule is CCOC(c1ccc(Br)cc1)C(C)N. The summed E-state index contributed by atoms with van der Waals surface area (Å²) >= 11 is 3.40. The van der Waals surface area contributed by atoms with Crippen LogP contribution in [0.2, 0.25) is 0 Å². The van der Waals surface area contributed by atoms with E-state index in [1.165, 1.54) is 0 Å². The number of hydrogen-bond acceptors (Lipinski definition) is 2. The molecule has 0 radical (unpaired) electrons. The van der Waals surface area contributed by atoms with Gasteiger partial charge in [0.15, 0.2) is 0 Å². The minimum Gasteiger partial charge on any atom is -0.372 e. The molecule has 78 valence electrons. The summed E-state index contributed by atoms with van der Waals surface area (Å²) in [7, 11) is 0. The average Bonchev–Trinajstić information content (AvgIpc) is 2.15. The van der Waals surface area contributed by atoms with Gasteiger partial charge in [-0.2, -0.15) is 0 Å². The molecule has 3 heteroatoms. The van der Waals surface area contributed by atoms with Crippen LogP contribution in [0.25, 0.3) is 0 Å². The lowest BCUT2D eigenvalue weighted by molar-refractivity contribution is 0.0475. The molecule has 0 spiro atoms. The van der Waals surface area contributed by atoms with Crippen LogP contribution in [0.3, 0.4) is 0 Å². The van der Waals surface area contributed by atoms with Crippen molar-refractivity contribution in [2.45, 2.75) is 26.0 Å². The van der Waals surface area contributed by atoms with E-state index < -0.39 is 0 Å². The average molecular weight is 258 g/mol. The normalized spacial score (nSPS) is 15.1. The van der Waals surface area contributed by atoms with E-state index in [2.05, 4.69) is 15.9 Å². The summed E-state index contributed by atoms with van der Waals surface area (Å²) in [5.74, 6) is 0. The van der Waals surface area contributed by atoms with Crippen LogP contribution in [0.15, 0.2) is 28.7 Å². The predicted octanol–water partition coefficient (Wildman–Crippen LogP) is 2.87. The summed E-state index contributed by atoms with van der Waals surface area (Å²) in [6.45, 7) is 4.62. The summed E-state index contributed by atoms with van der Waals surface area (Å²) in [6, 6.07) is 8.09. The van der Waals surface area contributed by atoms with Gasteiger partial charge in [0.25, 0.3) is 0 Å². The van der Waals surface area contributed by atoms with Crippen LogP contribution in [0.4, 0.5) is 0 Å². The first-order chi connectivity index (χ1) is 6.65. The van der Waals surface area contributed by atoms with E-state index >= 15 is 0 Å². The molecule has 1 aromatic rings. The van der Waals surface area contributed by atoms with Crippen LogP contribution in [0, 0.1) is 0 Å². The van der Waals surface area contributed by atoms with Gasteiger partial charge >= 0.3 is 0 Å². The molecule has 0 bridgehead atoms. The van der Waals surface area contributed by atoms with Gasteiger partial charge in [0.05, 0.1) is 6.10 Å². The maximum atomic E-state index is 5.86. The van der Waals surface area contributed by atoms with E-state index in [9.17, 15) is 0 Å². The first-order valence-electron chi connectivity index (χ1n) is 4.77. The Morgan fingerprint density at radius 2 is 1.93 bits per heavy atom. The van der Waals surface area contributed by atoms with Gasteiger partial charge in [-0.15, -0.1) is 0 Å². The van der Waals surface area contributed by atoms with Gasteiger partial charge < -0.3 is 10.5 Å². The van der Waals surface area contributed by atoms with Crippen molar-refractivity contribution in [2.24, 2.45) is 5.73 Å². The first kappa shape index (κ1) is 11.7. The lowest BCUT2D eigenvalue weighted by Crippen LogP contribution is -2.26. The van der Waals surface area contributed by atoms with Crippen molar-refractivity contribution in [3.63, 3.8) is 0 Å². The molecule has 0 aliphatic carbocycles. The number of ether oxygens (including phenoxy) is 1. The molecule has 0 amide bonds. The van der Waals surface area contributed by atoms with Gasteiger partial charge in [0.2, 0.25) is 0 Å². The number of benzene rings is 1. The van der Waals surface area contributed by atoms with Crippen molar-refractivity contribution in [1.29, 1.82) is 0 Å². The first-order valence-corrected chi connectivity index (χ1v) is 5.57. The van der Waals surface area contributed by atoms with Crippen LogP contribution in [0.1, 0.15) is 25.5 Å². The van der Waals surface area contributed by atoms with Gasteiger partial charge in [0, 0.05) is 17.1 Å². The highest BCUT2D eigenvalue weighted by Crippen LogP contribution is 2.22. The van der Waals surface area contributed by atoms with E-state index in [4.69, 9.17) is 10.5 Å². The predicted molar refractivity (Wildman–Crippen MR) is 62.2 cm³/mol. The van der Waals surface area contributed by atoms with E-state index in [1.807, 2.05) is 38.1 Å². The lowest BCUT2D eigenvalue weighted by Gasteiger charge is -2.21. The highest BCUT2D eigenvalue weighted by atomic mass is 79.9. The van der Waals surface area contributed by atoms with E-state index in [-0.39, 0.29) is 12.1 Å². The molecular weight excluding hydrogens is 242 g/mol. The Labute approximate surface area is 93.6 Å². The van der Waals surface area contributed by atoms with Crippen molar-refractivity contribution in [3.8, 4) is 0 Å². The fourth-order valence-corrected chi connectivity index (χ4v) is 1.65. The maximum absolute atomic E-state index is 5.86. The van der Waals surface area contributed by atoms with Crippen molar-refractivity contribution in [3.05, 3.63) is 34.3 Å².